The Morgan fingerprint density at radius 1 is 1.00 bits per heavy atom. The van der Waals surface area contributed by atoms with Gasteiger partial charge in [0.1, 0.15) is 11.1 Å². The topological polar surface area (TPSA) is 23.8 Å². The van der Waals surface area contributed by atoms with Gasteiger partial charge in [-0.2, -0.15) is 5.26 Å². The van der Waals surface area contributed by atoms with E-state index in [-0.39, 0.29) is 0 Å². The number of hydrogen-bond acceptors (Lipinski definition) is 2. The summed E-state index contributed by atoms with van der Waals surface area (Å²) < 4.78 is 0. The van der Waals surface area contributed by atoms with Crippen molar-refractivity contribution in [3.05, 3.63) is 10.4 Å². The van der Waals surface area contributed by atoms with E-state index in [0.29, 0.717) is 5.03 Å². The van der Waals surface area contributed by atoms with E-state index in [1.165, 1.54) is 64.2 Å². The third-order valence-corrected chi connectivity index (χ3v) is 4.16. The molecule has 0 aromatic carbocycles. The molecule has 0 heterocycles. The molecule has 0 amide bonds. The molecule has 0 aliphatic heterocycles. The quantitative estimate of drug-likeness (QED) is 0.313. The third kappa shape index (κ3) is 13.9. The van der Waals surface area contributed by atoms with Crippen LogP contribution in [0.15, 0.2) is 10.4 Å². The SMILES string of the molecule is CCCCCCCCCCCCS/C=C(\Cl)C#N. The van der Waals surface area contributed by atoms with E-state index in [1.54, 1.807) is 17.2 Å². The Morgan fingerprint density at radius 3 is 2.00 bits per heavy atom. The van der Waals surface area contributed by atoms with Crippen LogP contribution in [0.25, 0.3) is 0 Å². The van der Waals surface area contributed by atoms with Crippen LogP contribution in [-0.2, 0) is 0 Å². The van der Waals surface area contributed by atoms with Gasteiger partial charge < -0.3 is 0 Å². The van der Waals surface area contributed by atoms with Gasteiger partial charge in [0, 0.05) is 5.41 Å². The highest BCUT2D eigenvalue weighted by Crippen LogP contribution is 2.14. The molecule has 0 unspecified atom stereocenters. The van der Waals surface area contributed by atoms with Crippen LogP contribution in [0.1, 0.15) is 71.1 Å². The molecular weight excluding hydrogens is 262 g/mol. The number of thioether (sulfide) groups is 1. The highest BCUT2D eigenvalue weighted by molar-refractivity contribution is 8.02. The summed E-state index contributed by atoms with van der Waals surface area (Å²) in [6, 6.07) is 1.91. The van der Waals surface area contributed by atoms with Gasteiger partial charge in [-0.1, -0.05) is 76.3 Å². The van der Waals surface area contributed by atoms with Crippen LogP contribution < -0.4 is 0 Å². The number of nitriles is 1. The summed E-state index contributed by atoms with van der Waals surface area (Å²) in [6.07, 6.45) is 13.6. The first-order valence-corrected chi connectivity index (χ1v) is 8.61. The molecule has 0 spiro atoms. The van der Waals surface area contributed by atoms with Crippen LogP contribution in [-0.4, -0.2) is 5.75 Å². The summed E-state index contributed by atoms with van der Waals surface area (Å²) in [6.45, 7) is 2.26. The van der Waals surface area contributed by atoms with Crippen LogP contribution in [0.4, 0.5) is 0 Å². The Morgan fingerprint density at radius 2 is 1.50 bits per heavy atom. The lowest BCUT2D eigenvalue weighted by Crippen LogP contribution is -1.83. The summed E-state index contributed by atoms with van der Waals surface area (Å²) in [5.74, 6) is 1.08. The first kappa shape index (κ1) is 17.9. The van der Waals surface area contributed by atoms with Crippen molar-refractivity contribution in [2.75, 3.05) is 5.75 Å². The summed E-state index contributed by atoms with van der Waals surface area (Å²) in [4.78, 5) is 0. The number of rotatable bonds is 12. The number of hydrogen-bond donors (Lipinski definition) is 0. The van der Waals surface area contributed by atoms with E-state index in [4.69, 9.17) is 16.9 Å². The van der Waals surface area contributed by atoms with Crippen LogP contribution in [0, 0.1) is 11.3 Å². The lowest BCUT2D eigenvalue weighted by molar-refractivity contribution is 0.563. The van der Waals surface area contributed by atoms with Gasteiger partial charge in [-0.15, -0.1) is 11.8 Å². The first-order valence-electron chi connectivity index (χ1n) is 7.18. The highest BCUT2D eigenvalue weighted by Gasteiger charge is 1.93. The standard InChI is InChI=1S/C15H26ClNS/c1-2-3-4-5-6-7-8-9-10-11-12-18-14-15(16)13-17/h14H,2-12H2,1H3/b15-14-. The van der Waals surface area contributed by atoms with E-state index in [9.17, 15) is 0 Å². The molecule has 18 heavy (non-hydrogen) atoms. The smallest absolute Gasteiger partial charge is 0.124 e. The van der Waals surface area contributed by atoms with Crippen molar-refractivity contribution in [1.29, 1.82) is 5.26 Å². The van der Waals surface area contributed by atoms with Gasteiger partial charge in [-0.25, -0.2) is 0 Å². The van der Waals surface area contributed by atoms with Gasteiger partial charge in [0.25, 0.3) is 0 Å². The van der Waals surface area contributed by atoms with Crippen molar-refractivity contribution in [2.45, 2.75) is 71.1 Å². The molecule has 3 heteroatoms. The molecule has 0 bridgehead atoms. The largest absolute Gasteiger partial charge is 0.191 e. The molecule has 0 atom stereocenters. The van der Waals surface area contributed by atoms with Crippen molar-refractivity contribution in [3.63, 3.8) is 0 Å². The average molecular weight is 288 g/mol. The van der Waals surface area contributed by atoms with Gasteiger partial charge in [-0.05, 0) is 12.2 Å². The Bertz CT molecular complexity index is 245. The number of unbranched alkanes of at least 4 members (excludes halogenated alkanes) is 9. The van der Waals surface area contributed by atoms with Crippen molar-refractivity contribution < 1.29 is 0 Å². The highest BCUT2D eigenvalue weighted by atomic mass is 35.5. The van der Waals surface area contributed by atoms with E-state index in [0.717, 1.165) is 5.75 Å². The molecule has 0 fully saturated rings. The van der Waals surface area contributed by atoms with Crippen LogP contribution in [0.5, 0.6) is 0 Å². The average Bonchev–Trinajstić information content (AvgIpc) is 2.39. The predicted molar refractivity (Wildman–Crippen MR) is 83.9 cm³/mol. The second kappa shape index (κ2) is 14.9. The maximum atomic E-state index is 8.45. The van der Waals surface area contributed by atoms with Gasteiger partial charge in [0.15, 0.2) is 0 Å². The molecule has 0 aliphatic carbocycles. The Balaban J connectivity index is 3.06. The molecule has 0 saturated heterocycles. The fourth-order valence-electron chi connectivity index (χ4n) is 1.83. The van der Waals surface area contributed by atoms with E-state index >= 15 is 0 Å². The van der Waals surface area contributed by atoms with Crippen molar-refractivity contribution in [2.24, 2.45) is 0 Å². The summed E-state index contributed by atoms with van der Waals surface area (Å²) >= 11 is 7.22. The second-order valence-corrected chi connectivity index (χ2v) is 6.01. The van der Waals surface area contributed by atoms with Gasteiger partial charge in [0.05, 0.1) is 0 Å². The maximum Gasteiger partial charge on any atom is 0.124 e. The minimum absolute atomic E-state index is 0.298. The van der Waals surface area contributed by atoms with E-state index in [2.05, 4.69) is 6.92 Å². The molecule has 1 nitrogen and oxygen atoms in total. The monoisotopic (exact) mass is 287 g/mol. The second-order valence-electron chi connectivity index (χ2n) is 4.63. The minimum atomic E-state index is 0.298. The zero-order valence-electron chi connectivity index (χ0n) is 11.6. The molecule has 0 radical (unpaired) electrons. The van der Waals surface area contributed by atoms with Gasteiger partial charge in [-0.3, -0.25) is 0 Å². The molecule has 0 N–H and O–H groups in total. The molecule has 0 aliphatic rings. The fourth-order valence-corrected chi connectivity index (χ4v) is 2.71. The predicted octanol–water partition coefficient (Wildman–Crippen LogP) is 6.24. The summed E-state index contributed by atoms with van der Waals surface area (Å²) in [5.41, 5.74) is 0. The molecule has 0 saturated carbocycles. The third-order valence-electron chi connectivity index (χ3n) is 2.91. The molecule has 0 aromatic rings. The Labute approximate surface area is 122 Å². The Hall–Kier alpha value is -0.130. The zero-order valence-corrected chi connectivity index (χ0v) is 13.2. The molecule has 0 aromatic heterocycles. The maximum absolute atomic E-state index is 8.45. The molecule has 0 rings (SSSR count). The van der Waals surface area contributed by atoms with Crippen LogP contribution in [0.2, 0.25) is 0 Å². The van der Waals surface area contributed by atoms with Gasteiger partial charge >= 0.3 is 0 Å². The first-order chi connectivity index (χ1) is 8.81. The minimum Gasteiger partial charge on any atom is -0.191 e. The van der Waals surface area contributed by atoms with Crippen molar-refractivity contribution in [3.8, 4) is 6.07 Å². The number of allylic oxidation sites excluding steroid dienone is 1. The van der Waals surface area contributed by atoms with E-state index < -0.39 is 0 Å². The van der Waals surface area contributed by atoms with Crippen molar-refractivity contribution >= 4 is 23.4 Å². The molecule has 104 valence electrons. The van der Waals surface area contributed by atoms with Crippen molar-refractivity contribution in [1.82, 2.24) is 0 Å². The lowest BCUT2D eigenvalue weighted by atomic mass is 10.1. The molecular formula is C15H26ClNS. The number of halogens is 1. The van der Waals surface area contributed by atoms with Crippen LogP contribution >= 0.6 is 23.4 Å². The normalized spacial score (nSPS) is 11.5. The van der Waals surface area contributed by atoms with Crippen LogP contribution in [0.3, 0.4) is 0 Å². The fraction of sp³-hybridized carbons (Fsp3) is 0.800. The Kier molecular flexibility index (Phi) is 14.8. The summed E-state index contributed by atoms with van der Waals surface area (Å²) in [7, 11) is 0. The lowest BCUT2D eigenvalue weighted by Gasteiger charge is -2.01. The summed E-state index contributed by atoms with van der Waals surface area (Å²) in [5, 5.41) is 10.5. The van der Waals surface area contributed by atoms with E-state index in [1.807, 2.05) is 6.07 Å². The zero-order chi connectivity index (χ0) is 13.5. The van der Waals surface area contributed by atoms with Gasteiger partial charge in [0.2, 0.25) is 0 Å². The number of nitrogens with zero attached hydrogens (tertiary/aromatic N) is 1.